The van der Waals surface area contributed by atoms with Crippen LogP contribution >= 0.6 is 0 Å². The maximum atomic E-state index is 12.4. The maximum absolute atomic E-state index is 12.4. The molecule has 12 heteroatoms. The molecule has 0 aromatic carbocycles. The Labute approximate surface area is 170 Å². The summed E-state index contributed by atoms with van der Waals surface area (Å²) in [7, 11) is -4.63. The average molecular weight is 435 g/mol. The predicted molar refractivity (Wildman–Crippen MR) is 100 cm³/mol. The van der Waals surface area contributed by atoms with Crippen molar-refractivity contribution < 1.29 is 36.0 Å². The summed E-state index contributed by atoms with van der Waals surface area (Å²) in [4.78, 5) is 37.5. The second-order valence-corrected chi connectivity index (χ2v) is 8.48. The Morgan fingerprint density at radius 3 is 2.41 bits per heavy atom. The first-order chi connectivity index (χ1) is 13.6. The van der Waals surface area contributed by atoms with E-state index in [1.807, 2.05) is 6.92 Å². The van der Waals surface area contributed by atoms with Crippen molar-refractivity contribution in [1.29, 1.82) is 0 Å². The molecule has 2 heterocycles. The fourth-order valence-corrected chi connectivity index (χ4v) is 4.28. The van der Waals surface area contributed by atoms with Gasteiger partial charge in [0, 0.05) is 6.54 Å². The summed E-state index contributed by atoms with van der Waals surface area (Å²) in [6.07, 6.45) is 1.94. The third kappa shape index (κ3) is 4.98. The van der Waals surface area contributed by atoms with Gasteiger partial charge in [0.25, 0.3) is 0 Å². The minimum Gasteiger partial charge on any atom is -0.465 e. The van der Waals surface area contributed by atoms with E-state index < -0.39 is 52.4 Å². The standard InChI is InChI=1S/C17H29N3O8S/c1-4-9-26-15(22)17(5-2,6-3)11-27-29(24,25)28-20-12-7-8-13(14(18)21)19(10-12)16(20)23/h12-13H,4-11H2,1-3H3,(H2,18,21)/t12-,13+/m1/s1. The monoisotopic (exact) mass is 435 g/mol. The number of nitrogens with two attached hydrogens (primary N) is 1. The Morgan fingerprint density at radius 1 is 1.21 bits per heavy atom. The highest BCUT2D eigenvalue weighted by atomic mass is 32.3. The number of urea groups is 1. The summed E-state index contributed by atoms with van der Waals surface area (Å²) >= 11 is 0. The smallest absolute Gasteiger partial charge is 0.421 e. The summed E-state index contributed by atoms with van der Waals surface area (Å²) in [5.41, 5.74) is 4.16. The zero-order chi connectivity index (χ0) is 21.8. The van der Waals surface area contributed by atoms with Gasteiger partial charge in [0.2, 0.25) is 5.91 Å². The van der Waals surface area contributed by atoms with Gasteiger partial charge in [-0.1, -0.05) is 20.8 Å². The highest BCUT2D eigenvalue weighted by Crippen LogP contribution is 2.32. The number of hydrogen-bond acceptors (Lipinski definition) is 8. The molecule has 2 N–H and O–H groups in total. The van der Waals surface area contributed by atoms with Crippen molar-refractivity contribution in [2.24, 2.45) is 11.1 Å². The number of hydrogen-bond donors (Lipinski definition) is 1. The minimum absolute atomic E-state index is 0.138. The summed E-state index contributed by atoms with van der Waals surface area (Å²) in [6.45, 7) is 5.22. The molecule has 11 nitrogen and oxygen atoms in total. The number of rotatable bonds is 11. The molecule has 0 spiro atoms. The first-order valence-electron chi connectivity index (χ1n) is 9.76. The van der Waals surface area contributed by atoms with Gasteiger partial charge < -0.3 is 15.4 Å². The fraction of sp³-hybridized carbons (Fsp3) is 0.824. The van der Waals surface area contributed by atoms with Gasteiger partial charge in [0.05, 0.1) is 24.7 Å². The van der Waals surface area contributed by atoms with E-state index in [4.69, 9.17) is 18.9 Å². The number of fused-ring (bicyclic) bond motifs is 2. The van der Waals surface area contributed by atoms with E-state index >= 15 is 0 Å². The molecule has 0 aromatic heterocycles. The number of piperidine rings is 1. The van der Waals surface area contributed by atoms with Crippen LogP contribution in [0, 0.1) is 5.41 Å². The lowest BCUT2D eigenvalue weighted by Gasteiger charge is -2.29. The predicted octanol–water partition coefficient (Wildman–Crippen LogP) is 0.693. The zero-order valence-corrected chi connectivity index (χ0v) is 17.8. The first kappa shape index (κ1) is 23.4. The molecule has 0 radical (unpaired) electrons. The maximum Gasteiger partial charge on any atom is 0.421 e. The molecule has 0 aromatic rings. The van der Waals surface area contributed by atoms with Crippen molar-refractivity contribution in [3.8, 4) is 0 Å². The lowest BCUT2D eigenvalue weighted by atomic mass is 9.83. The van der Waals surface area contributed by atoms with Crippen LogP contribution in [0.15, 0.2) is 0 Å². The van der Waals surface area contributed by atoms with Crippen LogP contribution in [0.3, 0.4) is 0 Å². The van der Waals surface area contributed by atoms with E-state index in [1.54, 1.807) is 13.8 Å². The van der Waals surface area contributed by atoms with Gasteiger partial charge in [-0.3, -0.25) is 9.59 Å². The van der Waals surface area contributed by atoms with Gasteiger partial charge in [-0.05, 0) is 32.1 Å². The van der Waals surface area contributed by atoms with Gasteiger partial charge in [-0.15, -0.1) is 4.28 Å². The number of carbonyl (C=O) groups is 3. The molecular formula is C17H29N3O8S. The van der Waals surface area contributed by atoms with Crippen LogP contribution in [0.2, 0.25) is 0 Å². The molecule has 2 saturated heterocycles. The van der Waals surface area contributed by atoms with E-state index in [1.165, 1.54) is 4.90 Å². The van der Waals surface area contributed by atoms with Crippen molar-refractivity contribution in [2.75, 3.05) is 19.8 Å². The van der Waals surface area contributed by atoms with E-state index in [-0.39, 0.29) is 13.2 Å². The third-order valence-corrected chi connectivity index (χ3v) is 6.28. The van der Waals surface area contributed by atoms with Crippen LogP contribution in [0.4, 0.5) is 4.79 Å². The summed E-state index contributed by atoms with van der Waals surface area (Å²) in [5.74, 6) is -1.19. The molecular weight excluding hydrogens is 406 g/mol. The van der Waals surface area contributed by atoms with Gasteiger partial charge in [-0.25, -0.2) is 8.98 Å². The van der Waals surface area contributed by atoms with Crippen LogP contribution in [0.5, 0.6) is 0 Å². The normalized spacial score (nSPS) is 22.1. The SMILES string of the molecule is CCCOC(=O)C(CC)(CC)COS(=O)(=O)ON1C(=O)N2C[C@H]1CC[C@H]2C(N)=O. The Kier molecular flexibility index (Phi) is 7.46. The number of hydroxylamine groups is 2. The van der Waals surface area contributed by atoms with Crippen molar-refractivity contribution in [1.82, 2.24) is 9.96 Å². The number of carbonyl (C=O) groups excluding carboxylic acids is 3. The molecule has 2 atom stereocenters. The highest BCUT2D eigenvalue weighted by molar-refractivity contribution is 7.81. The molecule has 0 aliphatic carbocycles. The summed E-state index contributed by atoms with van der Waals surface area (Å²) in [5, 5.41) is 0.702. The van der Waals surface area contributed by atoms with Crippen LogP contribution in [-0.4, -0.2) is 68.1 Å². The Balaban J connectivity index is 2.05. The molecule has 2 fully saturated rings. The van der Waals surface area contributed by atoms with Gasteiger partial charge in [0.1, 0.15) is 6.04 Å². The van der Waals surface area contributed by atoms with Crippen LogP contribution in [0.1, 0.15) is 52.9 Å². The quantitative estimate of drug-likeness (QED) is 0.467. The van der Waals surface area contributed by atoms with Crippen molar-refractivity contribution in [3.63, 3.8) is 0 Å². The van der Waals surface area contributed by atoms with Crippen molar-refractivity contribution in [2.45, 2.75) is 65.0 Å². The highest BCUT2D eigenvalue weighted by Gasteiger charge is 2.49. The fourth-order valence-electron chi connectivity index (χ4n) is 3.48. The number of primary amides is 1. The van der Waals surface area contributed by atoms with E-state index in [2.05, 4.69) is 0 Å². The number of ether oxygens (including phenoxy) is 1. The molecule has 3 amide bonds. The molecule has 2 aliphatic heterocycles. The van der Waals surface area contributed by atoms with Gasteiger partial charge in [-0.2, -0.15) is 13.5 Å². The molecule has 29 heavy (non-hydrogen) atoms. The van der Waals surface area contributed by atoms with Crippen LogP contribution in [-0.2, 0) is 33.2 Å². The molecule has 2 bridgehead atoms. The number of amides is 3. The molecule has 0 saturated carbocycles. The second kappa shape index (κ2) is 9.26. The molecule has 0 unspecified atom stereocenters. The molecule has 2 rings (SSSR count). The van der Waals surface area contributed by atoms with E-state index in [0.29, 0.717) is 37.2 Å². The molecule has 2 aliphatic rings. The zero-order valence-electron chi connectivity index (χ0n) is 17.0. The van der Waals surface area contributed by atoms with Crippen molar-refractivity contribution in [3.05, 3.63) is 0 Å². The second-order valence-electron chi connectivity index (χ2n) is 7.28. The third-order valence-electron chi connectivity index (χ3n) is 5.53. The first-order valence-corrected chi connectivity index (χ1v) is 11.1. The Hall–Kier alpha value is -1.92. The Morgan fingerprint density at radius 2 is 1.86 bits per heavy atom. The van der Waals surface area contributed by atoms with E-state index in [9.17, 15) is 22.8 Å². The summed E-state index contributed by atoms with van der Waals surface area (Å²) in [6, 6.07) is -2.09. The number of nitrogens with zero attached hydrogens (tertiary/aromatic N) is 2. The van der Waals surface area contributed by atoms with Crippen molar-refractivity contribution >= 4 is 28.3 Å². The lowest BCUT2D eigenvalue weighted by Crippen LogP contribution is -2.47. The van der Waals surface area contributed by atoms with Crippen LogP contribution in [0.25, 0.3) is 0 Å². The van der Waals surface area contributed by atoms with E-state index in [0.717, 1.165) is 0 Å². The lowest BCUT2D eigenvalue weighted by molar-refractivity contribution is -0.159. The summed E-state index contributed by atoms with van der Waals surface area (Å²) < 4.78 is 39.7. The largest absolute Gasteiger partial charge is 0.465 e. The Bertz CT molecular complexity index is 737. The topological polar surface area (TPSA) is 146 Å². The van der Waals surface area contributed by atoms with Gasteiger partial charge >= 0.3 is 22.4 Å². The van der Waals surface area contributed by atoms with Crippen LogP contribution < -0.4 is 5.73 Å². The van der Waals surface area contributed by atoms with Gasteiger partial charge in [0.15, 0.2) is 0 Å². The minimum atomic E-state index is -4.63. The number of esters is 1. The average Bonchev–Trinajstić information content (AvgIpc) is 2.91. The molecule has 166 valence electrons.